The molecule has 0 unspecified atom stereocenters. The van der Waals surface area contributed by atoms with Gasteiger partial charge in [0.05, 0.1) is 23.7 Å². The Morgan fingerprint density at radius 2 is 1.28 bits per heavy atom. The van der Waals surface area contributed by atoms with Gasteiger partial charge < -0.3 is 15.5 Å². The molecular weight excluding hydrogens is 504 g/mol. The molecule has 0 aromatic heterocycles. The number of hydrogen-bond acceptors (Lipinski definition) is 2. The highest BCUT2D eigenvalue weighted by Crippen LogP contribution is 2.37. The van der Waals surface area contributed by atoms with Crippen molar-refractivity contribution in [1.29, 1.82) is 0 Å². The lowest BCUT2D eigenvalue weighted by Crippen LogP contribution is -2.41. The predicted molar refractivity (Wildman–Crippen MR) is 128 cm³/mol. The molecule has 0 aliphatic rings. The average molecular weight is 526 g/mol. The Balaban J connectivity index is 1.73. The molecule has 0 saturated carbocycles. The van der Waals surface area contributed by atoms with Crippen LogP contribution >= 0.6 is 12.2 Å². The van der Waals surface area contributed by atoms with Crippen LogP contribution in [0.4, 0.5) is 32.0 Å². The van der Waals surface area contributed by atoms with Gasteiger partial charge in [-0.3, -0.25) is 4.79 Å². The third-order valence-corrected chi connectivity index (χ3v) is 5.50. The Kier molecular flexibility index (Phi) is 8.24. The summed E-state index contributed by atoms with van der Waals surface area (Å²) in [6.07, 6.45) is -9.98. The molecule has 0 aliphatic heterocycles. The first-order chi connectivity index (χ1) is 16.9. The summed E-state index contributed by atoms with van der Waals surface area (Å²) in [5, 5.41) is 4.55. The van der Waals surface area contributed by atoms with Gasteiger partial charge in [0, 0.05) is 12.7 Å². The van der Waals surface area contributed by atoms with Crippen LogP contribution in [0.25, 0.3) is 0 Å². The topological polar surface area (TPSA) is 44.4 Å². The number of anilines is 1. The van der Waals surface area contributed by atoms with E-state index in [9.17, 15) is 31.1 Å². The van der Waals surface area contributed by atoms with Crippen LogP contribution in [0, 0.1) is 0 Å². The van der Waals surface area contributed by atoms with Crippen LogP contribution in [0.15, 0.2) is 78.9 Å². The molecule has 0 saturated heterocycles. The minimum atomic E-state index is -4.99. The number of benzene rings is 3. The number of alkyl halides is 6. The second-order valence-corrected chi connectivity index (χ2v) is 8.24. The first kappa shape index (κ1) is 27.0. The van der Waals surface area contributed by atoms with Crippen molar-refractivity contribution in [1.82, 2.24) is 10.2 Å². The van der Waals surface area contributed by atoms with Crippen LogP contribution in [-0.4, -0.2) is 29.5 Å². The molecule has 3 rings (SSSR count). The summed E-state index contributed by atoms with van der Waals surface area (Å²) < 4.78 is 78.5. The Morgan fingerprint density at radius 1 is 0.833 bits per heavy atom. The van der Waals surface area contributed by atoms with Crippen molar-refractivity contribution in [2.24, 2.45) is 0 Å². The van der Waals surface area contributed by atoms with Gasteiger partial charge in [-0.05, 0) is 41.5 Å². The van der Waals surface area contributed by atoms with Gasteiger partial charge in [0.25, 0.3) is 0 Å². The zero-order valence-electron chi connectivity index (χ0n) is 18.8. The molecular formula is C25H21F6N3OS. The largest absolute Gasteiger partial charge is 0.416 e. The number of carbonyl (C=O) groups is 1. The van der Waals surface area contributed by atoms with Crippen LogP contribution in [0.2, 0.25) is 0 Å². The Bertz CT molecular complexity index is 1130. The quantitative estimate of drug-likeness (QED) is 0.295. The number of nitrogens with one attached hydrogen (secondary N) is 2. The van der Waals surface area contributed by atoms with E-state index in [0.29, 0.717) is 12.1 Å². The molecule has 0 aliphatic carbocycles. The lowest BCUT2D eigenvalue weighted by molar-refractivity contribution is -0.143. The number of nitrogens with zero attached hydrogens (tertiary/aromatic N) is 1. The minimum absolute atomic E-state index is 0.0213. The maximum atomic E-state index is 13.1. The van der Waals surface area contributed by atoms with Gasteiger partial charge in [0.2, 0.25) is 5.91 Å². The van der Waals surface area contributed by atoms with Crippen molar-refractivity contribution >= 4 is 28.9 Å². The number of hydrogen-bond donors (Lipinski definition) is 2. The summed E-state index contributed by atoms with van der Waals surface area (Å²) in [6.45, 7) is -0.344. The number of carbonyl (C=O) groups excluding carboxylic acids is 1. The number of halogens is 6. The summed E-state index contributed by atoms with van der Waals surface area (Å²) >= 11 is 5.01. The number of amides is 1. The highest BCUT2D eigenvalue weighted by molar-refractivity contribution is 7.80. The minimum Gasteiger partial charge on any atom is -0.353 e. The second-order valence-electron chi connectivity index (χ2n) is 7.83. The summed E-state index contributed by atoms with van der Waals surface area (Å²) in [5.74, 6) is -0.406. The summed E-state index contributed by atoms with van der Waals surface area (Å²) in [7, 11) is 1.59. The normalized spacial score (nSPS) is 11.8. The zero-order valence-corrected chi connectivity index (χ0v) is 19.6. The molecule has 3 aromatic carbocycles. The molecule has 0 atom stereocenters. The molecule has 11 heteroatoms. The number of thiocarbonyl (C=S) groups is 1. The standard InChI is InChI=1S/C25H21F6N3OS/c1-34(22(16-8-4-2-5-9-16)17-10-6-3-7-11-17)21(35)15-32-23(36)33-20-13-18(24(26,27)28)12-19(14-20)25(29,30)31/h2-14,22H,15H2,1H3,(H2,32,33,36). The first-order valence-corrected chi connectivity index (χ1v) is 11.0. The Morgan fingerprint density at radius 3 is 1.69 bits per heavy atom. The number of rotatable bonds is 6. The van der Waals surface area contributed by atoms with E-state index < -0.39 is 41.1 Å². The first-order valence-electron chi connectivity index (χ1n) is 10.6. The molecule has 2 N–H and O–H groups in total. The molecule has 0 spiro atoms. The molecule has 0 fully saturated rings. The summed E-state index contributed by atoms with van der Waals surface area (Å²) in [4.78, 5) is 14.4. The molecule has 190 valence electrons. The van der Waals surface area contributed by atoms with Crippen LogP contribution in [-0.2, 0) is 17.1 Å². The van der Waals surface area contributed by atoms with Crippen LogP contribution < -0.4 is 10.6 Å². The molecule has 3 aromatic rings. The van der Waals surface area contributed by atoms with Crippen molar-refractivity contribution in [3.05, 3.63) is 101 Å². The smallest absolute Gasteiger partial charge is 0.353 e. The predicted octanol–water partition coefficient (Wildman–Crippen LogP) is 6.26. The third kappa shape index (κ3) is 6.97. The third-order valence-electron chi connectivity index (χ3n) is 5.26. The molecule has 4 nitrogen and oxygen atoms in total. The van der Waals surface area contributed by atoms with Crippen LogP contribution in [0.3, 0.4) is 0 Å². The monoisotopic (exact) mass is 525 g/mol. The van der Waals surface area contributed by atoms with E-state index in [1.807, 2.05) is 60.7 Å². The Labute approximate surface area is 208 Å². The van der Waals surface area contributed by atoms with E-state index in [1.165, 1.54) is 4.90 Å². The van der Waals surface area contributed by atoms with Crippen molar-refractivity contribution < 1.29 is 31.1 Å². The van der Waals surface area contributed by atoms with Gasteiger partial charge in [-0.15, -0.1) is 0 Å². The van der Waals surface area contributed by atoms with Gasteiger partial charge >= 0.3 is 12.4 Å². The van der Waals surface area contributed by atoms with E-state index in [1.54, 1.807) is 7.05 Å². The van der Waals surface area contributed by atoms with E-state index in [4.69, 9.17) is 12.2 Å². The maximum absolute atomic E-state index is 13.1. The summed E-state index contributed by atoms with van der Waals surface area (Å²) in [5.41, 5.74) is -1.77. The van der Waals surface area contributed by atoms with Gasteiger partial charge in [0.1, 0.15) is 0 Å². The van der Waals surface area contributed by atoms with E-state index in [-0.39, 0.29) is 17.7 Å². The van der Waals surface area contributed by atoms with Crippen LogP contribution in [0.5, 0.6) is 0 Å². The lowest BCUT2D eigenvalue weighted by Gasteiger charge is -2.29. The SMILES string of the molecule is CN(C(=O)CNC(=S)Nc1cc(C(F)(F)F)cc(C(F)(F)F)c1)C(c1ccccc1)c1ccccc1. The number of likely N-dealkylation sites (N-methyl/N-ethyl adjacent to an activating group) is 1. The molecule has 36 heavy (non-hydrogen) atoms. The highest BCUT2D eigenvalue weighted by atomic mass is 32.1. The van der Waals surface area contributed by atoms with Gasteiger partial charge in [-0.1, -0.05) is 60.7 Å². The Hall–Kier alpha value is -3.60. The van der Waals surface area contributed by atoms with Crippen molar-refractivity contribution in [2.75, 3.05) is 18.9 Å². The fourth-order valence-corrected chi connectivity index (χ4v) is 3.73. The van der Waals surface area contributed by atoms with E-state index in [0.717, 1.165) is 11.1 Å². The molecule has 0 heterocycles. The van der Waals surface area contributed by atoms with Crippen molar-refractivity contribution in [2.45, 2.75) is 18.4 Å². The van der Waals surface area contributed by atoms with E-state index in [2.05, 4.69) is 10.6 Å². The molecule has 0 radical (unpaired) electrons. The fraction of sp³-hybridized carbons (Fsp3) is 0.200. The molecule has 0 bridgehead atoms. The lowest BCUT2D eigenvalue weighted by atomic mass is 9.97. The second kappa shape index (κ2) is 11.0. The maximum Gasteiger partial charge on any atom is 0.416 e. The summed E-state index contributed by atoms with van der Waals surface area (Å²) in [6, 6.07) is 19.1. The molecule has 1 amide bonds. The van der Waals surface area contributed by atoms with Crippen molar-refractivity contribution in [3.8, 4) is 0 Å². The van der Waals surface area contributed by atoms with Gasteiger partial charge in [0.15, 0.2) is 5.11 Å². The van der Waals surface area contributed by atoms with Gasteiger partial charge in [-0.25, -0.2) is 0 Å². The average Bonchev–Trinajstić information content (AvgIpc) is 2.82. The van der Waals surface area contributed by atoms with Crippen molar-refractivity contribution in [3.63, 3.8) is 0 Å². The van der Waals surface area contributed by atoms with E-state index >= 15 is 0 Å². The van der Waals surface area contributed by atoms with Gasteiger partial charge in [-0.2, -0.15) is 26.3 Å². The van der Waals surface area contributed by atoms with Crippen LogP contribution in [0.1, 0.15) is 28.3 Å². The highest BCUT2D eigenvalue weighted by Gasteiger charge is 2.37. The fourth-order valence-electron chi connectivity index (χ4n) is 3.54. The zero-order chi connectivity index (χ0) is 26.5.